The maximum absolute atomic E-state index is 12.6. The Labute approximate surface area is 165 Å². The summed E-state index contributed by atoms with van der Waals surface area (Å²) >= 11 is 1.55. The van der Waals surface area contributed by atoms with Crippen molar-refractivity contribution >= 4 is 23.2 Å². The molecule has 1 amide bonds. The largest absolute Gasteiger partial charge is 0.478 e. The second-order valence-corrected chi connectivity index (χ2v) is 7.64. The molecule has 1 aromatic carbocycles. The Kier molecular flexibility index (Phi) is 5.21. The van der Waals surface area contributed by atoms with Crippen LogP contribution in [0.5, 0.6) is 0 Å². The van der Waals surface area contributed by atoms with Crippen LogP contribution in [0.25, 0.3) is 10.7 Å². The molecule has 2 aromatic heterocycles. The topological polar surface area (TPSA) is 96.5 Å². The normalized spacial score (nSPS) is 13.4. The Balaban J connectivity index is 1.31. The minimum atomic E-state index is -0.951. The lowest BCUT2D eigenvalue weighted by molar-refractivity contribution is -0.132. The monoisotopic (exact) mass is 397 g/mol. The van der Waals surface area contributed by atoms with E-state index in [0.29, 0.717) is 44.1 Å². The van der Waals surface area contributed by atoms with Crippen LogP contribution >= 0.6 is 11.3 Å². The minimum Gasteiger partial charge on any atom is -0.478 e. The lowest BCUT2D eigenvalue weighted by Crippen LogP contribution is -2.36. The number of aryl methyl sites for hydroxylation is 1. The first-order chi connectivity index (χ1) is 13.6. The van der Waals surface area contributed by atoms with E-state index in [1.54, 1.807) is 28.4 Å². The molecule has 3 aromatic rings. The van der Waals surface area contributed by atoms with Gasteiger partial charge in [0.1, 0.15) is 0 Å². The third-order valence-corrected chi connectivity index (χ3v) is 5.67. The fraction of sp³-hybridized carbons (Fsp3) is 0.300. The SMILES string of the molecule is O=C(O)c1ccc2c(c1)CN(C(=O)CCCc1nc(-c3cccs3)no1)CC2. The van der Waals surface area contributed by atoms with Crippen LogP contribution in [0.15, 0.2) is 40.2 Å². The van der Waals surface area contributed by atoms with E-state index in [1.165, 1.54) is 0 Å². The van der Waals surface area contributed by atoms with Crippen LogP contribution in [-0.4, -0.2) is 38.6 Å². The molecule has 144 valence electrons. The zero-order valence-electron chi connectivity index (χ0n) is 15.1. The molecule has 3 heterocycles. The van der Waals surface area contributed by atoms with Gasteiger partial charge in [-0.3, -0.25) is 4.79 Å². The summed E-state index contributed by atoms with van der Waals surface area (Å²) in [7, 11) is 0. The van der Waals surface area contributed by atoms with Crippen molar-refractivity contribution in [2.45, 2.75) is 32.2 Å². The predicted octanol–water partition coefficient (Wildman–Crippen LogP) is 3.40. The molecule has 0 saturated carbocycles. The first-order valence-corrected chi connectivity index (χ1v) is 9.97. The predicted molar refractivity (Wildman–Crippen MR) is 103 cm³/mol. The third kappa shape index (κ3) is 3.96. The highest BCUT2D eigenvalue weighted by Gasteiger charge is 2.21. The maximum Gasteiger partial charge on any atom is 0.335 e. The Morgan fingerprint density at radius 1 is 1.25 bits per heavy atom. The van der Waals surface area contributed by atoms with Crippen molar-refractivity contribution in [1.29, 1.82) is 0 Å². The van der Waals surface area contributed by atoms with Crippen LogP contribution < -0.4 is 0 Å². The summed E-state index contributed by atoms with van der Waals surface area (Å²) in [5.41, 5.74) is 2.28. The summed E-state index contributed by atoms with van der Waals surface area (Å²) < 4.78 is 5.26. The number of aromatic carboxylic acids is 1. The van der Waals surface area contributed by atoms with Crippen molar-refractivity contribution in [2.24, 2.45) is 0 Å². The molecule has 0 spiro atoms. The van der Waals surface area contributed by atoms with Crippen molar-refractivity contribution < 1.29 is 19.2 Å². The molecule has 0 fully saturated rings. The van der Waals surface area contributed by atoms with Gasteiger partial charge in [-0.1, -0.05) is 17.3 Å². The van der Waals surface area contributed by atoms with Gasteiger partial charge in [-0.15, -0.1) is 11.3 Å². The molecule has 1 N–H and O–H groups in total. The lowest BCUT2D eigenvalue weighted by atomic mass is 9.97. The highest BCUT2D eigenvalue weighted by Crippen LogP contribution is 2.23. The summed E-state index contributed by atoms with van der Waals surface area (Å²) in [5, 5.41) is 15.1. The van der Waals surface area contributed by atoms with Crippen LogP contribution in [0.4, 0.5) is 0 Å². The molecule has 0 unspecified atom stereocenters. The molecule has 0 saturated heterocycles. The number of aromatic nitrogens is 2. The number of rotatable bonds is 6. The molecule has 0 aliphatic carbocycles. The van der Waals surface area contributed by atoms with Gasteiger partial charge in [0.15, 0.2) is 0 Å². The molecule has 1 aliphatic rings. The number of carbonyl (C=O) groups excluding carboxylic acids is 1. The first-order valence-electron chi connectivity index (χ1n) is 9.09. The summed E-state index contributed by atoms with van der Waals surface area (Å²) in [6.45, 7) is 1.11. The smallest absolute Gasteiger partial charge is 0.335 e. The summed E-state index contributed by atoms with van der Waals surface area (Å²) in [4.78, 5) is 30.8. The van der Waals surface area contributed by atoms with Crippen LogP contribution in [0.1, 0.15) is 40.2 Å². The van der Waals surface area contributed by atoms with E-state index < -0.39 is 5.97 Å². The standard InChI is InChI=1S/C20H19N3O4S/c24-18(5-1-4-17-21-19(22-27-17)16-3-2-10-28-16)23-9-8-13-6-7-14(20(25)26)11-15(13)12-23/h2-3,6-7,10-11H,1,4-5,8-9,12H2,(H,25,26). The van der Waals surface area contributed by atoms with Gasteiger partial charge in [0.05, 0.1) is 10.4 Å². The molecule has 28 heavy (non-hydrogen) atoms. The van der Waals surface area contributed by atoms with E-state index in [2.05, 4.69) is 10.1 Å². The average Bonchev–Trinajstić information content (AvgIpc) is 3.38. The quantitative estimate of drug-likeness (QED) is 0.685. The summed E-state index contributed by atoms with van der Waals surface area (Å²) in [5.74, 6) is 0.224. The number of thiophene rings is 1. The molecular weight excluding hydrogens is 378 g/mol. The van der Waals surface area contributed by atoms with Gasteiger partial charge in [-0.2, -0.15) is 4.98 Å². The zero-order chi connectivity index (χ0) is 19.5. The number of benzene rings is 1. The fourth-order valence-corrected chi connectivity index (χ4v) is 3.96. The molecule has 0 radical (unpaired) electrons. The number of hydrogen-bond donors (Lipinski definition) is 1. The van der Waals surface area contributed by atoms with Crippen molar-refractivity contribution in [3.63, 3.8) is 0 Å². The van der Waals surface area contributed by atoms with Crippen molar-refractivity contribution in [3.8, 4) is 10.7 Å². The first kappa shape index (κ1) is 18.4. The van der Waals surface area contributed by atoms with Crippen molar-refractivity contribution in [1.82, 2.24) is 15.0 Å². The lowest BCUT2D eigenvalue weighted by Gasteiger charge is -2.29. The van der Waals surface area contributed by atoms with Gasteiger partial charge in [-0.05, 0) is 47.5 Å². The Bertz CT molecular complexity index is 997. The molecule has 8 heteroatoms. The molecular formula is C20H19N3O4S. The van der Waals surface area contributed by atoms with E-state index in [-0.39, 0.29) is 11.5 Å². The van der Waals surface area contributed by atoms with E-state index in [4.69, 9.17) is 9.63 Å². The zero-order valence-corrected chi connectivity index (χ0v) is 15.9. The van der Waals surface area contributed by atoms with Gasteiger partial charge in [0, 0.05) is 25.9 Å². The van der Waals surface area contributed by atoms with E-state index in [9.17, 15) is 9.59 Å². The maximum atomic E-state index is 12.6. The number of fused-ring (bicyclic) bond motifs is 1. The summed E-state index contributed by atoms with van der Waals surface area (Å²) in [6, 6.07) is 9.01. The number of carboxylic acid groups (broad SMARTS) is 1. The van der Waals surface area contributed by atoms with Crippen molar-refractivity contribution in [2.75, 3.05) is 6.54 Å². The van der Waals surface area contributed by atoms with Gasteiger partial charge >= 0.3 is 5.97 Å². The Hall–Kier alpha value is -3.00. The molecule has 1 aliphatic heterocycles. The van der Waals surface area contributed by atoms with Crippen LogP contribution in [-0.2, 0) is 24.2 Å². The highest BCUT2D eigenvalue weighted by atomic mass is 32.1. The highest BCUT2D eigenvalue weighted by molar-refractivity contribution is 7.13. The van der Waals surface area contributed by atoms with Gasteiger partial charge in [0.25, 0.3) is 0 Å². The summed E-state index contributed by atoms with van der Waals surface area (Å²) in [6.07, 6.45) is 2.32. The van der Waals surface area contributed by atoms with Gasteiger partial charge in [0.2, 0.25) is 17.6 Å². The number of amides is 1. The van der Waals surface area contributed by atoms with Crippen LogP contribution in [0, 0.1) is 0 Å². The minimum absolute atomic E-state index is 0.0596. The molecule has 0 atom stereocenters. The number of nitrogens with zero attached hydrogens (tertiary/aromatic N) is 3. The second kappa shape index (κ2) is 7.93. The second-order valence-electron chi connectivity index (χ2n) is 6.70. The van der Waals surface area contributed by atoms with E-state index >= 15 is 0 Å². The number of carboxylic acids is 1. The Morgan fingerprint density at radius 2 is 2.14 bits per heavy atom. The third-order valence-electron chi connectivity index (χ3n) is 4.81. The van der Waals surface area contributed by atoms with Gasteiger partial charge in [-0.25, -0.2) is 4.79 Å². The Morgan fingerprint density at radius 3 is 2.93 bits per heavy atom. The van der Waals surface area contributed by atoms with E-state index in [1.807, 2.05) is 23.6 Å². The van der Waals surface area contributed by atoms with Crippen LogP contribution in [0.2, 0.25) is 0 Å². The molecule has 7 nitrogen and oxygen atoms in total. The van der Waals surface area contributed by atoms with Crippen LogP contribution in [0.3, 0.4) is 0 Å². The van der Waals surface area contributed by atoms with E-state index in [0.717, 1.165) is 22.4 Å². The molecule has 0 bridgehead atoms. The molecule has 4 rings (SSSR count). The number of hydrogen-bond acceptors (Lipinski definition) is 6. The van der Waals surface area contributed by atoms with Crippen molar-refractivity contribution in [3.05, 3.63) is 58.3 Å². The van der Waals surface area contributed by atoms with Gasteiger partial charge < -0.3 is 14.5 Å². The fourth-order valence-electron chi connectivity index (χ4n) is 3.31. The number of carbonyl (C=O) groups is 2. The average molecular weight is 397 g/mol.